The van der Waals surface area contributed by atoms with E-state index in [1.165, 1.54) is 11.2 Å². The minimum atomic E-state index is -0.387. The van der Waals surface area contributed by atoms with Crippen molar-refractivity contribution in [3.05, 3.63) is 47.0 Å². The van der Waals surface area contributed by atoms with Crippen molar-refractivity contribution >= 4 is 23.4 Å². The van der Waals surface area contributed by atoms with Gasteiger partial charge in [-0.3, -0.25) is 14.7 Å². The number of rotatable bonds is 5. The maximum absolute atomic E-state index is 11.9. The van der Waals surface area contributed by atoms with E-state index in [2.05, 4.69) is 20.5 Å². The Kier molecular flexibility index (Phi) is 4.89. The van der Waals surface area contributed by atoms with Crippen molar-refractivity contribution < 1.29 is 9.59 Å². The normalized spacial score (nSPS) is 10.2. The second-order valence-corrected chi connectivity index (χ2v) is 4.75. The van der Waals surface area contributed by atoms with Gasteiger partial charge in [0.05, 0.1) is 23.7 Å². The third-order valence-electron chi connectivity index (χ3n) is 2.80. The number of carbonyl (C=O) groups excluding carboxylic acids is 2. The molecule has 0 saturated carbocycles. The molecule has 8 heteroatoms. The molecule has 0 aliphatic carbocycles. The Bertz CT molecular complexity index is 629. The molecule has 0 aliphatic heterocycles. The maximum atomic E-state index is 11.9. The Morgan fingerprint density at radius 3 is 2.81 bits per heavy atom. The Labute approximate surface area is 126 Å². The van der Waals surface area contributed by atoms with Gasteiger partial charge in [-0.25, -0.2) is 4.98 Å². The number of hydrogen-bond acceptors (Lipinski definition) is 4. The number of halogens is 1. The van der Waals surface area contributed by atoms with Crippen molar-refractivity contribution in [1.82, 2.24) is 25.4 Å². The fourth-order valence-corrected chi connectivity index (χ4v) is 1.87. The predicted molar refractivity (Wildman–Crippen MR) is 76.6 cm³/mol. The molecule has 0 fully saturated rings. The lowest BCUT2D eigenvalue weighted by Gasteiger charge is -2.16. The molecule has 110 valence electrons. The first-order valence-corrected chi connectivity index (χ1v) is 6.56. The van der Waals surface area contributed by atoms with Crippen molar-refractivity contribution in [3.63, 3.8) is 0 Å². The van der Waals surface area contributed by atoms with Crippen LogP contribution in [0.2, 0.25) is 5.02 Å². The Morgan fingerprint density at radius 2 is 2.14 bits per heavy atom. The molecule has 0 atom stereocenters. The van der Waals surface area contributed by atoms with Crippen molar-refractivity contribution in [1.29, 1.82) is 0 Å². The first kappa shape index (κ1) is 15.0. The van der Waals surface area contributed by atoms with Crippen LogP contribution in [0.25, 0.3) is 0 Å². The topological polar surface area (TPSA) is 91.0 Å². The summed E-state index contributed by atoms with van der Waals surface area (Å²) < 4.78 is 0. The van der Waals surface area contributed by atoms with Crippen molar-refractivity contribution in [3.8, 4) is 0 Å². The first-order valence-electron chi connectivity index (χ1n) is 6.19. The zero-order valence-corrected chi connectivity index (χ0v) is 12.1. The second kappa shape index (κ2) is 6.85. The summed E-state index contributed by atoms with van der Waals surface area (Å²) in [6.45, 7) is 0.176. The van der Waals surface area contributed by atoms with Crippen LogP contribution in [0.4, 0.5) is 0 Å². The van der Waals surface area contributed by atoms with E-state index < -0.39 is 0 Å². The van der Waals surface area contributed by atoms with Gasteiger partial charge in [-0.1, -0.05) is 23.7 Å². The Hall–Kier alpha value is -2.41. The number of nitrogens with one attached hydrogen (secondary N) is 2. The van der Waals surface area contributed by atoms with Gasteiger partial charge in [0.2, 0.25) is 5.91 Å². The molecule has 0 saturated heterocycles. The van der Waals surface area contributed by atoms with Gasteiger partial charge in [-0.2, -0.15) is 5.10 Å². The standard InChI is InChI=1S/C13H14ClN5O2/c1-19(7-11-16-8-17-18-11)12(20)6-15-13(21)9-4-2-3-5-10(9)14/h2-5,8H,6-7H2,1H3,(H,15,21)(H,16,17,18). The molecule has 2 rings (SSSR count). The Balaban J connectivity index is 1.86. The highest BCUT2D eigenvalue weighted by molar-refractivity contribution is 6.33. The van der Waals surface area contributed by atoms with Crippen LogP contribution >= 0.6 is 11.6 Å². The molecule has 7 nitrogen and oxygen atoms in total. The molecule has 1 aromatic heterocycles. The summed E-state index contributed by atoms with van der Waals surface area (Å²) in [6.07, 6.45) is 1.37. The lowest BCUT2D eigenvalue weighted by molar-refractivity contribution is -0.129. The summed E-state index contributed by atoms with van der Waals surface area (Å²) >= 11 is 5.92. The van der Waals surface area contributed by atoms with E-state index >= 15 is 0 Å². The molecule has 0 aliphatic rings. The third kappa shape index (κ3) is 4.03. The molecule has 0 spiro atoms. The quantitative estimate of drug-likeness (QED) is 0.856. The van der Waals surface area contributed by atoms with Crippen molar-refractivity contribution in [2.45, 2.75) is 6.54 Å². The van der Waals surface area contributed by atoms with Crippen LogP contribution in [0.15, 0.2) is 30.6 Å². The molecule has 0 bridgehead atoms. The summed E-state index contributed by atoms with van der Waals surface area (Å²) in [5, 5.41) is 9.25. The van der Waals surface area contributed by atoms with Gasteiger partial charge in [0, 0.05) is 7.05 Å². The number of aromatic nitrogens is 3. The van der Waals surface area contributed by atoms with Gasteiger partial charge >= 0.3 is 0 Å². The second-order valence-electron chi connectivity index (χ2n) is 4.34. The van der Waals surface area contributed by atoms with E-state index in [-0.39, 0.29) is 18.4 Å². The van der Waals surface area contributed by atoms with Gasteiger partial charge in [-0.05, 0) is 12.1 Å². The highest BCUT2D eigenvalue weighted by Crippen LogP contribution is 2.14. The number of likely N-dealkylation sites (N-methyl/N-ethyl adjacent to an activating group) is 1. The maximum Gasteiger partial charge on any atom is 0.253 e. The minimum absolute atomic E-state index is 0.116. The van der Waals surface area contributed by atoms with E-state index in [1.54, 1.807) is 31.3 Å². The van der Waals surface area contributed by atoms with E-state index in [0.29, 0.717) is 23.0 Å². The van der Waals surface area contributed by atoms with Crippen LogP contribution in [0.1, 0.15) is 16.2 Å². The molecular formula is C13H14ClN5O2. The van der Waals surface area contributed by atoms with E-state index in [1.807, 2.05) is 0 Å². The van der Waals surface area contributed by atoms with Crippen LogP contribution in [-0.4, -0.2) is 45.5 Å². The number of hydrogen-bond donors (Lipinski definition) is 2. The molecule has 2 aromatic rings. The average molecular weight is 308 g/mol. The molecule has 0 unspecified atom stereocenters. The zero-order chi connectivity index (χ0) is 15.2. The van der Waals surface area contributed by atoms with Gasteiger partial charge < -0.3 is 10.2 Å². The summed E-state index contributed by atoms with van der Waals surface area (Å²) in [6, 6.07) is 6.66. The monoisotopic (exact) mass is 307 g/mol. The molecule has 1 aromatic carbocycles. The van der Waals surface area contributed by atoms with Crippen LogP contribution in [0.3, 0.4) is 0 Å². The van der Waals surface area contributed by atoms with E-state index in [9.17, 15) is 9.59 Å². The number of aromatic amines is 1. The largest absolute Gasteiger partial charge is 0.343 e. The summed E-state index contributed by atoms with van der Waals surface area (Å²) in [4.78, 5) is 29.2. The highest BCUT2D eigenvalue weighted by Gasteiger charge is 2.14. The minimum Gasteiger partial charge on any atom is -0.343 e. The highest BCUT2D eigenvalue weighted by atomic mass is 35.5. The van der Waals surface area contributed by atoms with Crippen LogP contribution in [0.5, 0.6) is 0 Å². The van der Waals surface area contributed by atoms with Crippen molar-refractivity contribution in [2.75, 3.05) is 13.6 Å². The van der Waals surface area contributed by atoms with Crippen LogP contribution in [-0.2, 0) is 11.3 Å². The molecular weight excluding hydrogens is 294 g/mol. The molecule has 2 amide bonds. The van der Waals surface area contributed by atoms with E-state index in [0.717, 1.165) is 0 Å². The van der Waals surface area contributed by atoms with Crippen LogP contribution in [0, 0.1) is 0 Å². The molecule has 0 radical (unpaired) electrons. The number of nitrogens with zero attached hydrogens (tertiary/aromatic N) is 3. The first-order chi connectivity index (χ1) is 10.1. The van der Waals surface area contributed by atoms with Gasteiger partial charge in [0.25, 0.3) is 5.91 Å². The number of carbonyl (C=O) groups is 2. The molecule has 1 heterocycles. The lowest BCUT2D eigenvalue weighted by atomic mass is 10.2. The van der Waals surface area contributed by atoms with E-state index in [4.69, 9.17) is 11.6 Å². The van der Waals surface area contributed by atoms with Gasteiger partial charge in [0.1, 0.15) is 12.2 Å². The zero-order valence-electron chi connectivity index (χ0n) is 11.3. The SMILES string of the molecule is CN(Cc1ncn[nH]1)C(=O)CNC(=O)c1ccccc1Cl. The number of amides is 2. The smallest absolute Gasteiger partial charge is 0.253 e. The average Bonchev–Trinajstić information content (AvgIpc) is 2.97. The van der Waals surface area contributed by atoms with Gasteiger partial charge in [-0.15, -0.1) is 0 Å². The molecule has 21 heavy (non-hydrogen) atoms. The van der Waals surface area contributed by atoms with Crippen molar-refractivity contribution in [2.24, 2.45) is 0 Å². The number of benzene rings is 1. The molecule has 2 N–H and O–H groups in total. The summed E-state index contributed by atoms with van der Waals surface area (Å²) in [5.41, 5.74) is 0.338. The fourth-order valence-electron chi connectivity index (χ4n) is 1.65. The van der Waals surface area contributed by atoms with Gasteiger partial charge in [0.15, 0.2) is 0 Å². The van der Waals surface area contributed by atoms with Crippen LogP contribution < -0.4 is 5.32 Å². The Morgan fingerprint density at radius 1 is 1.38 bits per heavy atom. The predicted octanol–water partition coefficient (Wildman–Crippen LogP) is 0.846. The third-order valence-corrected chi connectivity index (χ3v) is 3.13. The summed E-state index contributed by atoms with van der Waals surface area (Å²) in [5.74, 6) is -0.0582. The lowest BCUT2D eigenvalue weighted by Crippen LogP contribution is -2.38. The number of H-pyrrole nitrogens is 1. The summed E-state index contributed by atoms with van der Waals surface area (Å²) in [7, 11) is 1.62. The fraction of sp³-hybridized carbons (Fsp3) is 0.231.